The van der Waals surface area contributed by atoms with E-state index in [2.05, 4.69) is 31.7 Å². The van der Waals surface area contributed by atoms with Crippen LogP contribution in [0.3, 0.4) is 0 Å². The molecular formula is C15H19BrClNO2. The van der Waals surface area contributed by atoms with Crippen molar-refractivity contribution < 1.29 is 9.53 Å². The molecule has 1 heterocycles. The maximum absolute atomic E-state index is 9.60. The van der Waals surface area contributed by atoms with Crippen LogP contribution in [0.1, 0.15) is 26.3 Å². The molecule has 0 aliphatic heterocycles. The number of hydrogen-bond acceptors (Lipinski definition) is 2. The second-order valence-corrected chi connectivity index (χ2v) is 6.50. The number of carbonyl (C=O) groups is 1. The van der Waals surface area contributed by atoms with Crippen molar-refractivity contribution in [2.24, 2.45) is 0 Å². The van der Waals surface area contributed by atoms with Crippen LogP contribution in [0.4, 0.5) is 0 Å². The Balaban J connectivity index is 0.000000246. The third-order valence-electron chi connectivity index (χ3n) is 2.49. The summed E-state index contributed by atoms with van der Waals surface area (Å²) in [6, 6.07) is 5.94. The monoisotopic (exact) mass is 359 g/mol. The van der Waals surface area contributed by atoms with E-state index in [1.807, 2.05) is 39.1 Å². The Morgan fingerprint density at radius 3 is 2.60 bits per heavy atom. The Labute approximate surface area is 132 Å². The maximum atomic E-state index is 9.60. The molecule has 1 N–H and O–H groups in total. The summed E-state index contributed by atoms with van der Waals surface area (Å²) < 4.78 is 4.55. The smallest absolute Gasteiger partial charge is 0.293 e. The van der Waals surface area contributed by atoms with Gasteiger partial charge >= 0.3 is 0 Å². The molecule has 0 radical (unpaired) electrons. The van der Waals surface area contributed by atoms with E-state index in [4.69, 9.17) is 11.6 Å². The van der Waals surface area contributed by atoms with Gasteiger partial charge in [-0.15, -0.1) is 0 Å². The zero-order valence-corrected chi connectivity index (χ0v) is 14.2. The summed E-state index contributed by atoms with van der Waals surface area (Å²) in [5, 5.41) is 3.03. The van der Waals surface area contributed by atoms with Crippen molar-refractivity contribution in [2.75, 3.05) is 5.33 Å². The summed E-state index contributed by atoms with van der Waals surface area (Å²) in [6.45, 7) is 5.92. The zero-order chi connectivity index (χ0) is 15.2. The van der Waals surface area contributed by atoms with E-state index in [0.29, 0.717) is 6.47 Å². The molecule has 5 heteroatoms. The van der Waals surface area contributed by atoms with Crippen LogP contribution in [0.2, 0.25) is 5.02 Å². The van der Waals surface area contributed by atoms with E-state index in [-0.39, 0.29) is 5.60 Å². The van der Waals surface area contributed by atoms with Gasteiger partial charge < -0.3 is 9.72 Å². The van der Waals surface area contributed by atoms with E-state index in [0.717, 1.165) is 22.3 Å². The quantitative estimate of drug-likeness (QED) is 0.636. The Kier molecular flexibility index (Phi) is 6.56. The summed E-state index contributed by atoms with van der Waals surface area (Å²) in [7, 11) is 0. The number of aryl methyl sites for hydroxylation is 1. The third kappa shape index (κ3) is 5.55. The van der Waals surface area contributed by atoms with Gasteiger partial charge in [-0.25, -0.2) is 0 Å². The molecular weight excluding hydrogens is 342 g/mol. The van der Waals surface area contributed by atoms with E-state index < -0.39 is 0 Å². The Morgan fingerprint density at radius 1 is 1.40 bits per heavy atom. The number of aromatic amines is 1. The predicted octanol–water partition coefficient (Wildman–Crippen LogP) is 4.72. The Hall–Kier alpha value is -1.00. The highest BCUT2D eigenvalue weighted by atomic mass is 79.9. The van der Waals surface area contributed by atoms with Crippen LogP contribution >= 0.6 is 27.5 Å². The first-order valence-electron chi connectivity index (χ1n) is 6.30. The van der Waals surface area contributed by atoms with Crippen molar-refractivity contribution in [1.29, 1.82) is 0 Å². The van der Waals surface area contributed by atoms with Crippen molar-refractivity contribution in [3.63, 3.8) is 0 Å². The average molecular weight is 361 g/mol. The van der Waals surface area contributed by atoms with Gasteiger partial charge in [-0.1, -0.05) is 33.6 Å². The molecule has 0 aliphatic carbocycles. The number of hydrogen-bond donors (Lipinski definition) is 1. The molecule has 2 rings (SSSR count). The minimum Gasteiger partial charge on any atom is -0.462 e. The molecule has 2 aromatic rings. The normalized spacial score (nSPS) is 10.8. The molecule has 0 saturated carbocycles. The summed E-state index contributed by atoms with van der Waals surface area (Å²) in [5.41, 5.74) is 2.13. The van der Waals surface area contributed by atoms with Crippen LogP contribution in [0.25, 0.3) is 10.9 Å². The lowest BCUT2D eigenvalue weighted by molar-refractivity contribution is -0.138. The van der Waals surface area contributed by atoms with Gasteiger partial charge in [0.25, 0.3) is 6.47 Å². The van der Waals surface area contributed by atoms with Gasteiger partial charge in [0, 0.05) is 27.5 Å². The second kappa shape index (κ2) is 7.70. The van der Waals surface area contributed by atoms with Gasteiger partial charge in [-0.2, -0.15) is 0 Å². The van der Waals surface area contributed by atoms with Gasteiger partial charge in [-0.3, -0.25) is 4.79 Å². The molecule has 0 saturated heterocycles. The fourth-order valence-electron chi connectivity index (χ4n) is 1.61. The van der Waals surface area contributed by atoms with Crippen LogP contribution in [0.15, 0.2) is 24.4 Å². The van der Waals surface area contributed by atoms with Crippen LogP contribution in [0, 0.1) is 0 Å². The summed E-state index contributed by atoms with van der Waals surface area (Å²) in [6.07, 6.45) is 3.09. The molecule has 0 atom stereocenters. The minimum absolute atomic E-state index is 0.318. The highest BCUT2D eigenvalue weighted by molar-refractivity contribution is 9.09. The summed E-state index contributed by atoms with van der Waals surface area (Å²) >= 11 is 9.31. The summed E-state index contributed by atoms with van der Waals surface area (Å²) in [4.78, 5) is 12.8. The summed E-state index contributed by atoms with van der Waals surface area (Å²) in [5.74, 6) is 0. The molecule has 0 unspecified atom stereocenters. The zero-order valence-electron chi connectivity index (χ0n) is 11.9. The van der Waals surface area contributed by atoms with Crippen LogP contribution < -0.4 is 0 Å². The molecule has 110 valence electrons. The SMILES string of the molecule is CC(C)(C)OC=O.Clc1ccc2c(CCBr)c[nH]c2c1. The largest absolute Gasteiger partial charge is 0.462 e. The lowest BCUT2D eigenvalue weighted by atomic mass is 10.1. The number of fused-ring (bicyclic) bond motifs is 1. The number of aromatic nitrogens is 1. The number of halogens is 2. The molecule has 0 amide bonds. The fourth-order valence-corrected chi connectivity index (χ4v) is 2.21. The topological polar surface area (TPSA) is 42.1 Å². The van der Waals surface area contributed by atoms with Crippen molar-refractivity contribution >= 4 is 44.9 Å². The Morgan fingerprint density at radius 2 is 2.10 bits per heavy atom. The molecule has 1 aromatic carbocycles. The van der Waals surface area contributed by atoms with Gasteiger partial charge in [-0.05, 0) is 44.9 Å². The second-order valence-electron chi connectivity index (χ2n) is 5.27. The number of H-pyrrole nitrogens is 1. The van der Waals surface area contributed by atoms with Gasteiger partial charge in [0.05, 0.1) is 0 Å². The molecule has 0 bridgehead atoms. The van der Waals surface area contributed by atoms with Crippen LogP contribution in [-0.4, -0.2) is 22.4 Å². The van der Waals surface area contributed by atoms with Gasteiger partial charge in [0.2, 0.25) is 0 Å². The number of ether oxygens (including phenoxy) is 1. The van der Waals surface area contributed by atoms with Crippen molar-refractivity contribution in [1.82, 2.24) is 4.98 Å². The first-order valence-corrected chi connectivity index (χ1v) is 7.80. The molecule has 0 aliphatic rings. The molecule has 3 nitrogen and oxygen atoms in total. The highest BCUT2D eigenvalue weighted by Gasteiger charge is 2.07. The molecule has 0 spiro atoms. The lowest BCUT2D eigenvalue weighted by Gasteiger charge is -2.14. The van der Waals surface area contributed by atoms with E-state index in [9.17, 15) is 4.79 Å². The van der Waals surface area contributed by atoms with Crippen molar-refractivity contribution in [3.8, 4) is 0 Å². The van der Waals surface area contributed by atoms with Crippen LogP contribution in [0.5, 0.6) is 0 Å². The number of nitrogens with one attached hydrogen (secondary N) is 1. The average Bonchev–Trinajstić information content (AvgIpc) is 2.71. The lowest BCUT2D eigenvalue weighted by Crippen LogP contribution is -2.17. The van der Waals surface area contributed by atoms with E-state index in [1.165, 1.54) is 10.9 Å². The van der Waals surface area contributed by atoms with Crippen molar-refractivity contribution in [2.45, 2.75) is 32.8 Å². The standard InChI is InChI=1S/C10H9BrClN.C5H10O2/c11-4-3-7-6-13-10-5-8(12)1-2-9(7)10;1-5(2,3)7-4-6/h1-2,5-6,13H,3-4H2;4H,1-3H3. The third-order valence-corrected chi connectivity index (χ3v) is 3.13. The Bertz CT molecular complexity index is 560. The number of rotatable bonds is 3. The predicted molar refractivity (Wildman–Crippen MR) is 87.7 cm³/mol. The highest BCUT2D eigenvalue weighted by Crippen LogP contribution is 2.22. The minimum atomic E-state index is -0.318. The molecule has 20 heavy (non-hydrogen) atoms. The number of alkyl halides is 1. The number of carbonyl (C=O) groups excluding carboxylic acids is 1. The van der Waals surface area contributed by atoms with E-state index in [1.54, 1.807) is 0 Å². The fraction of sp³-hybridized carbons (Fsp3) is 0.400. The number of benzene rings is 1. The first kappa shape index (κ1) is 17.1. The van der Waals surface area contributed by atoms with Gasteiger partial charge in [0.1, 0.15) is 5.60 Å². The van der Waals surface area contributed by atoms with Crippen LogP contribution in [-0.2, 0) is 16.0 Å². The van der Waals surface area contributed by atoms with Crippen molar-refractivity contribution in [3.05, 3.63) is 35.0 Å². The molecule has 0 fully saturated rings. The first-order chi connectivity index (χ1) is 9.37. The molecule has 1 aromatic heterocycles. The van der Waals surface area contributed by atoms with Gasteiger partial charge in [0.15, 0.2) is 0 Å². The maximum Gasteiger partial charge on any atom is 0.293 e. The van der Waals surface area contributed by atoms with E-state index >= 15 is 0 Å².